The molecule has 0 fully saturated rings. The van der Waals surface area contributed by atoms with E-state index in [1.165, 1.54) is 24.0 Å². The summed E-state index contributed by atoms with van der Waals surface area (Å²) in [5, 5.41) is 11.5. The van der Waals surface area contributed by atoms with Gasteiger partial charge in [0.15, 0.2) is 6.61 Å². The average molecular weight is 319 g/mol. The van der Waals surface area contributed by atoms with Gasteiger partial charge in [-0.15, -0.1) is 0 Å². The molecule has 5 nitrogen and oxygen atoms in total. The average Bonchev–Trinajstić information content (AvgIpc) is 2.50. The van der Waals surface area contributed by atoms with Gasteiger partial charge >= 0.3 is 5.97 Å². The van der Waals surface area contributed by atoms with Crippen LogP contribution in [0.2, 0.25) is 0 Å². The molecule has 0 aromatic heterocycles. The van der Waals surface area contributed by atoms with Gasteiger partial charge in [0.25, 0.3) is 5.91 Å². The summed E-state index contributed by atoms with van der Waals surface area (Å²) in [4.78, 5) is 22.6. The number of carboxylic acids is 1. The Labute approximate surface area is 137 Å². The summed E-state index contributed by atoms with van der Waals surface area (Å²) in [7, 11) is 0. The largest absolute Gasteiger partial charge is 0.484 e. The van der Waals surface area contributed by atoms with Crippen molar-refractivity contribution in [1.82, 2.24) is 5.32 Å². The van der Waals surface area contributed by atoms with Crippen molar-refractivity contribution in [2.75, 3.05) is 6.61 Å². The second-order valence-electron chi connectivity index (χ2n) is 6.75. The summed E-state index contributed by atoms with van der Waals surface area (Å²) in [6.07, 6.45) is 5.04. The van der Waals surface area contributed by atoms with E-state index in [0.717, 1.165) is 12.8 Å². The predicted octanol–water partition coefficient (Wildman–Crippen LogP) is 2.70. The van der Waals surface area contributed by atoms with E-state index in [2.05, 4.69) is 11.4 Å². The zero-order valence-corrected chi connectivity index (χ0v) is 13.9. The molecular formula is C18H25NO4. The molecule has 2 rings (SSSR count). The molecule has 23 heavy (non-hydrogen) atoms. The highest BCUT2D eigenvalue weighted by molar-refractivity contribution is 5.78. The standard InChI is InChI=1S/C18H25NO4/c1-18(2,10-9-17(21)22)19-16(20)12-23-15-8-7-13-5-3-4-6-14(13)11-15/h7-8,11H,3-6,9-10,12H2,1-2H3,(H,19,20)(H,21,22). The number of nitrogens with one attached hydrogen (secondary N) is 1. The Morgan fingerprint density at radius 1 is 1.22 bits per heavy atom. The predicted molar refractivity (Wildman–Crippen MR) is 87.7 cm³/mol. The summed E-state index contributed by atoms with van der Waals surface area (Å²) in [6.45, 7) is 3.56. The van der Waals surface area contributed by atoms with Gasteiger partial charge in [-0.1, -0.05) is 6.07 Å². The first-order chi connectivity index (χ1) is 10.9. The SMILES string of the molecule is CC(C)(CCC(=O)O)NC(=O)COc1ccc2c(c1)CCCC2. The van der Waals surface area contributed by atoms with Crippen LogP contribution in [0.15, 0.2) is 18.2 Å². The number of aryl methyl sites for hydroxylation is 2. The van der Waals surface area contributed by atoms with Crippen LogP contribution in [0.4, 0.5) is 0 Å². The number of fused-ring (bicyclic) bond motifs is 1. The lowest BCUT2D eigenvalue weighted by atomic mass is 9.92. The number of carbonyl (C=O) groups excluding carboxylic acids is 1. The van der Waals surface area contributed by atoms with Crippen LogP contribution < -0.4 is 10.1 Å². The third kappa shape index (κ3) is 5.58. The zero-order chi connectivity index (χ0) is 16.9. The quantitative estimate of drug-likeness (QED) is 0.810. The van der Waals surface area contributed by atoms with Crippen molar-refractivity contribution in [3.8, 4) is 5.75 Å². The van der Waals surface area contributed by atoms with Gasteiger partial charge in [0.1, 0.15) is 5.75 Å². The highest BCUT2D eigenvalue weighted by Crippen LogP contribution is 2.25. The van der Waals surface area contributed by atoms with Gasteiger partial charge in [0.2, 0.25) is 0 Å². The highest BCUT2D eigenvalue weighted by Gasteiger charge is 2.21. The molecule has 2 N–H and O–H groups in total. The Kier molecular flexibility index (Phi) is 5.64. The van der Waals surface area contributed by atoms with E-state index >= 15 is 0 Å². The smallest absolute Gasteiger partial charge is 0.303 e. The number of hydrogen-bond donors (Lipinski definition) is 2. The van der Waals surface area contributed by atoms with Gasteiger partial charge in [-0.05, 0) is 69.2 Å². The minimum Gasteiger partial charge on any atom is -0.484 e. The fourth-order valence-electron chi connectivity index (χ4n) is 2.84. The van der Waals surface area contributed by atoms with E-state index in [0.29, 0.717) is 12.2 Å². The van der Waals surface area contributed by atoms with E-state index in [1.807, 2.05) is 26.0 Å². The van der Waals surface area contributed by atoms with Crippen molar-refractivity contribution in [3.63, 3.8) is 0 Å². The fourth-order valence-corrected chi connectivity index (χ4v) is 2.84. The maximum Gasteiger partial charge on any atom is 0.303 e. The van der Waals surface area contributed by atoms with E-state index in [4.69, 9.17) is 9.84 Å². The molecule has 0 saturated carbocycles. The molecule has 5 heteroatoms. The molecule has 1 aromatic rings. The second kappa shape index (κ2) is 7.49. The van der Waals surface area contributed by atoms with Crippen LogP contribution in [-0.4, -0.2) is 29.1 Å². The van der Waals surface area contributed by atoms with Gasteiger partial charge in [0, 0.05) is 12.0 Å². The first-order valence-corrected chi connectivity index (χ1v) is 8.13. The molecule has 1 aliphatic rings. The van der Waals surface area contributed by atoms with E-state index in [-0.39, 0.29) is 18.9 Å². The maximum atomic E-state index is 12.0. The third-order valence-electron chi connectivity index (χ3n) is 4.13. The topological polar surface area (TPSA) is 75.6 Å². The summed E-state index contributed by atoms with van der Waals surface area (Å²) in [5.74, 6) is -0.389. The Morgan fingerprint density at radius 3 is 2.61 bits per heavy atom. The fraction of sp³-hybridized carbons (Fsp3) is 0.556. The number of amides is 1. The molecule has 0 saturated heterocycles. The van der Waals surface area contributed by atoms with Crippen LogP contribution >= 0.6 is 0 Å². The molecule has 0 spiro atoms. The van der Waals surface area contributed by atoms with Gasteiger partial charge in [-0.25, -0.2) is 0 Å². The van der Waals surface area contributed by atoms with Gasteiger partial charge in [-0.3, -0.25) is 9.59 Å². The summed E-state index contributed by atoms with van der Waals surface area (Å²) in [6, 6.07) is 6.02. The number of carbonyl (C=O) groups is 2. The summed E-state index contributed by atoms with van der Waals surface area (Å²) in [5.41, 5.74) is 2.13. The van der Waals surface area contributed by atoms with Crippen molar-refractivity contribution < 1.29 is 19.4 Å². The molecule has 1 amide bonds. The first-order valence-electron chi connectivity index (χ1n) is 8.13. The molecule has 1 aliphatic carbocycles. The van der Waals surface area contributed by atoms with Crippen LogP contribution in [-0.2, 0) is 22.4 Å². The molecule has 0 atom stereocenters. The first kappa shape index (κ1) is 17.3. The normalized spacial score (nSPS) is 14.0. The Hall–Kier alpha value is -2.04. The van der Waals surface area contributed by atoms with Crippen LogP contribution in [0.25, 0.3) is 0 Å². The van der Waals surface area contributed by atoms with Crippen molar-refractivity contribution in [2.45, 2.75) is 57.9 Å². The monoisotopic (exact) mass is 319 g/mol. The van der Waals surface area contributed by atoms with Gasteiger partial charge < -0.3 is 15.2 Å². The highest BCUT2D eigenvalue weighted by atomic mass is 16.5. The lowest BCUT2D eigenvalue weighted by molar-refractivity contribution is -0.138. The molecule has 0 radical (unpaired) electrons. The molecular weight excluding hydrogens is 294 g/mol. The number of hydrogen-bond acceptors (Lipinski definition) is 3. The Balaban J connectivity index is 1.83. The summed E-state index contributed by atoms with van der Waals surface area (Å²) >= 11 is 0. The lowest BCUT2D eigenvalue weighted by Gasteiger charge is -2.25. The number of benzene rings is 1. The van der Waals surface area contributed by atoms with Gasteiger partial charge in [-0.2, -0.15) is 0 Å². The molecule has 0 bridgehead atoms. The van der Waals surface area contributed by atoms with Crippen molar-refractivity contribution in [1.29, 1.82) is 0 Å². The van der Waals surface area contributed by atoms with Crippen molar-refractivity contribution in [3.05, 3.63) is 29.3 Å². The molecule has 1 aromatic carbocycles. The second-order valence-corrected chi connectivity index (χ2v) is 6.75. The van der Waals surface area contributed by atoms with Crippen LogP contribution in [0, 0.1) is 0 Å². The van der Waals surface area contributed by atoms with Crippen molar-refractivity contribution in [2.24, 2.45) is 0 Å². The molecule has 0 heterocycles. The molecule has 0 aliphatic heterocycles. The number of rotatable bonds is 7. The van der Waals surface area contributed by atoms with E-state index in [1.54, 1.807) is 0 Å². The van der Waals surface area contributed by atoms with E-state index in [9.17, 15) is 9.59 Å². The Morgan fingerprint density at radius 2 is 1.91 bits per heavy atom. The number of carboxylic acid groups (broad SMARTS) is 1. The van der Waals surface area contributed by atoms with Crippen LogP contribution in [0.3, 0.4) is 0 Å². The minimum atomic E-state index is -0.863. The minimum absolute atomic E-state index is 0.0267. The Bertz CT molecular complexity index is 580. The van der Waals surface area contributed by atoms with Crippen LogP contribution in [0.1, 0.15) is 50.7 Å². The third-order valence-corrected chi connectivity index (χ3v) is 4.13. The molecule has 0 unspecified atom stereocenters. The van der Waals surface area contributed by atoms with Crippen molar-refractivity contribution >= 4 is 11.9 Å². The van der Waals surface area contributed by atoms with E-state index < -0.39 is 11.5 Å². The summed E-state index contributed by atoms with van der Waals surface area (Å²) < 4.78 is 5.58. The zero-order valence-electron chi connectivity index (χ0n) is 13.9. The van der Waals surface area contributed by atoms with Crippen LogP contribution in [0.5, 0.6) is 5.75 Å². The van der Waals surface area contributed by atoms with Gasteiger partial charge in [0.05, 0.1) is 0 Å². The molecule has 126 valence electrons. The maximum absolute atomic E-state index is 12.0. The number of ether oxygens (including phenoxy) is 1. The number of aliphatic carboxylic acids is 1. The lowest BCUT2D eigenvalue weighted by Crippen LogP contribution is -2.45.